The van der Waals surface area contributed by atoms with Crippen LogP contribution in [-0.4, -0.2) is 34.9 Å². The number of nitrogens with zero attached hydrogens (tertiary/aromatic N) is 2. The fourth-order valence-corrected chi connectivity index (χ4v) is 3.88. The predicted molar refractivity (Wildman–Crippen MR) is 129 cm³/mol. The molecule has 3 aromatic rings. The lowest BCUT2D eigenvalue weighted by Gasteiger charge is -2.16. The monoisotopic (exact) mass is 464 g/mol. The maximum Gasteiger partial charge on any atom is 0.310 e. The molecule has 8 nitrogen and oxygen atoms in total. The van der Waals surface area contributed by atoms with Gasteiger partial charge in [-0.05, 0) is 56.1 Å². The average molecular weight is 465 g/mol. The van der Waals surface area contributed by atoms with E-state index in [1.54, 1.807) is 18.2 Å². The largest absolute Gasteiger partial charge is 0.502 e. The van der Waals surface area contributed by atoms with Crippen LogP contribution in [-0.2, 0) is 11.3 Å². The number of phenolic OH excluding ortho intramolecular Hbond substituents is 1. The number of hydrogen-bond donors (Lipinski definition) is 3. The number of nitro benzene ring substituents is 1. The molecule has 33 heavy (non-hydrogen) atoms. The van der Waals surface area contributed by atoms with Crippen molar-refractivity contribution in [2.75, 3.05) is 24.7 Å². The maximum atomic E-state index is 13.0. The zero-order valence-electron chi connectivity index (χ0n) is 17.9. The highest BCUT2D eigenvalue weighted by Crippen LogP contribution is 2.40. The Labute approximate surface area is 195 Å². The fraction of sp³-hybridized carbons (Fsp3) is 0.125. The lowest BCUT2D eigenvalue weighted by molar-refractivity contribution is -0.385. The molecule has 0 unspecified atom stereocenters. The Morgan fingerprint density at radius 3 is 2.48 bits per heavy atom. The Kier molecular flexibility index (Phi) is 6.04. The van der Waals surface area contributed by atoms with Gasteiger partial charge in [-0.3, -0.25) is 14.9 Å². The summed E-state index contributed by atoms with van der Waals surface area (Å²) in [5, 5.41) is 27.9. The minimum atomic E-state index is -0.664. The summed E-state index contributed by atoms with van der Waals surface area (Å²) >= 11 is 6.08. The molecule has 1 amide bonds. The molecule has 0 saturated heterocycles. The molecule has 0 aliphatic carbocycles. The number of hydrogen-bond acceptors (Lipinski definition) is 6. The first kappa shape index (κ1) is 22.3. The van der Waals surface area contributed by atoms with Gasteiger partial charge in [0, 0.05) is 34.4 Å². The summed E-state index contributed by atoms with van der Waals surface area (Å²) in [7, 11) is 3.97. The Morgan fingerprint density at radius 2 is 1.85 bits per heavy atom. The van der Waals surface area contributed by atoms with Crippen molar-refractivity contribution in [3.63, 3.8) is 0 Å². The summed E-state index contributed by atoms with van der Waals surface area (Å²) in [6, 6.07) is 16.8. The van der Waals surface area contributed by atoms with Crippen LogP contribution in [0.15, 0.2) is 60.7 Å². The second-order valence-electron chi connectivity index (χ2n) is 7.91. The van der Waals surface area contributed by atoms with Crippen molar-refractivity contribution < 1.29 is 14.8 Å². The van der Waals surface area contributed by atoms with E-state index in [2.05, 4.69) is 15.5 Å². The second-order valence-corrected chi connectivity index (χ2v) is 8.35. The third-order valence-electron chi connectivity index (χ3n) is 5.16. The number of aromatic hydroxyl groups is 1. The first-order valence-corrected chi connectivity index (χ1v) is 10.4. The topological polar surface area (TPSA) is 108 Å². The highest BCUT2D eigenvalue weighted by atomic mass is 35.5. The van der Waals surface area contributed by atoms with Crippen LogP contribution in [0.2, 0.25) is 5.02 Å². The van der Waals surface area contributed by atoms with Crippen molar-refractivity contribution in [3.05, 3.63) is 92.5 Å². The lowest BCUT2D eigenvalue weighted by atomic mass is 9.99. The van der Waals surface area contributed by atoms with E-state index in [1.165, 1.54) is 18.2 Å². The summed E-state index contributed by atoms with van der Waals surface area (Å²) in [5.74, 6) is -0.842. The standard InChI is InChI=1S/C24H21ClN4O4/c1-28(2)13-14-3-7-17(8-4-14)26-23(15-5-10-20(29(32)33)21(30)11-15)22-18-9-6-16(25)12-19(18)27-24(22)31/h3-12,26,30H,13H2,1-2H3,(H,27,31). The van der Waals surface area contributed by atoms with Crippen molar-refractivity contribution in [2.45, 2.75) is 6.54 Å². The number of nitrogens with one attached hydrogen (secondary N) is 2. The molecule has 0 radical (unpaired) electrons. The molecule has 1 aliphatic heterocycles. The Hall–Kier alpha value is -3.88. The molecule has 4 rings (SSSR count). The number of carbonyl (C=O) groups excluding carboxylic acids is 1. The van der Waals surface area contributed by atoms with Crippen LogP contribution in [0.1, 0.15) is 16.7 Å². The predicted octanol–water partition coefficient (Wildman–Crippen LogP) is 4.95. The highest BCUT2D eigenvalue weighted by molar-refractivity contribution is 6.38. The number of halogens is 1. The fourth-order valence-electron chi connectivity index (χ4n) is 3.71. The third-order valence-corrected chi connectivity index (χ3v) is 5.39. The van der Waals surface area contributed by atoms with Gasteiger partial charge in [-0.1, -0.05) is 29.8 Å². The minimum Gasteiger partial charge on any atom is -0.502 e. The van der Waals surface area contributed by atoms with E-state index in [0.29, 0.717) is 38.8 Å². The van der Waals surface area contributed by atoms with Crippen molar-refractivity contribution in [1.82, 2.24) is 4.90 Å². The van der Waals surface area contributed by atoms with Gasteiger partial charge in [0.1, 0.15) is 0 Å². The molecule has 0 saturated carbocycles. The van der Waals surface area contributed by atoms with Crippen LogP contribution in [0, 0.1) is 10.1 Å². The molecule has 0 atom stereocenters. The molecule has 0 spiro atoms. The van der Waals surface area contributed by atoms with Crippen molar-refractivity contribution in [1.29, 1.82) is 0 Å². The highest BCUT2D eigenvalue weighted by Gasteiger charge is 2.29. The number of nitro groups is 1. The van der Waals surface area contributed by atoms with Gasteiger partial charge in [0.2, 0.25) is 0 Å². The second kappa shape index (κ2) is 8.93. The number of rotatable bonds is 6. The van der Waals surface area contributed by atoms with Crippen LogP contribution < -0.4 is 10.6 Å². The van der Waals surface area contributed by atoms with Gasteiger partial charge in [0.15, 0.2) is 5.75 Å². The molecule has 3 aromatic carbocycles. The first-order valence-electron chi connectivity index (χ1n) is 10.1. The van der Waals surface area contributed by atoms with Gasteiger partial charge in [-0.25, -0.2) is 0 Å². The summed E-state index contributed by atoms with van der Waals surface area (Å²) in [6.07, 6.45) is 0. The van der Waals surface area contributed by atoms with Crippen molar-refractivity contribution in [2.24, 2.45) is 0 Å². The Balaban J connectivity index is 1.84. The van der Waals surface area contributed by atoms with Crippen LogP contribution in [0.25, 0.3) is 11.3 Å². The minimum absolute atomic E-state index is 0.340. The third kappa shape index (κ3) is 4.67. The number of fused-ring (bicyclic) bond motifs is 1. The molecular formula is C24H21ClN4O4. The first-order chi connectivity index (χ1) is 15.7. The number of phenols is 1. The van der Waals surface area contributed by atoms with E-state index < -0.39 is 16.4 Å². The van der Waals surface area contributed by atoms with Crippen molar-refractivity contribution in [3.8, 4) is 5.75 Å². The summed E-state index contributed by atoms with van der Waals surface area (Å²) < 4.78 is 0. The molecule has 1 aliphatic rings. The lowest BCUT2D eigenvalue weighted by Crippen LogP contribution is -2.11. The summed E-state index contributed by atoms with van der Waals surface area (Å²) in [6.45, 7) is 0.779. The zero-order valence-corrected chi connectivity index (χ0v) is 18.7. The number of amides is 1. The van der Waals surface area contributed by atoms with Gasteiger partial charge in [-0.15, -0.1) is 0 Å². The van der Waals surface area contributed by atoms with Gasteiger partial charge < -0.3 is 20.6 Å². The van der Waals surface area contributed by atoms with Gasteiger partial charge in [-0.2, -0.15) is 0 Å². The molecular weight excluding hydrogens is 444 g/mol. The molecule has 0 fully saturated rings. The normalized spacial score (nSPS) is 14.1. The summed E-state index contributed by atoms with van der Waals surface area (Å²) in [5.41, 5.74) is 3.77. The molecule has 3 N–H and O–H groups in total. The molecule has 1 heterocycles. The summed E-state index contributed by atoms with van der Waals surface area (Å²) in [4.78, 5) is 25.5. The average Bonchev–Trinajstić information content (AvgIpc) is 3.07. The smallest absolute Gasteiger partial charge is 0.310 e. The van der Waals surface area contributed by atoms with Gasteiger partial charge in [0.05, 0.1) is 21.9 Å². The van der Waals surface area contributed by atoms with E-state index in [0.717, 1.165) is 12.1 Å². The van der Waals surface area contributed by atoms with Crippen LogP contribution in [0.3, 0.4) is 0 Å². The zero-order chi connectivity index (χ0) is 23.7. The molecule has 9 heteroatoms. The number of carbonyl (C=O) groups is 1. The number of benzene rings is 3. The Morgan fingerprint density at radius 1 is 1.12 bits per heavy atom. The van der Waals surface area contributed by atoms with Crippen LogP contribution in [0.4, 0.5) is 17.1 Å². The van der Waals surface area contributed by atoms with E-state index in [4.69, 9.17) is 11.6 Å². The molecule has 0 bridgehead atoms. The molecule has 0 aromatic heterocycles. The van der Waals surface area contributed by atoms with Gasteiger partial charge in [0.25, 0.3) is 5.91 Å². The van der Waals surface area contributed by atoms with E-state index >= 15 is 0 Å². The molecule has 168 valence electrons. The van der Waals surface area contributed by atoms with E-state index in [1.807, 2.05) is 38.4 Å². The van der Waals surface area contributed by atoms with E-state index in [9.17, 15) is 20.0 Å². The maximum absolute atomic E-state index is 13.0. The quantitative estimate of drug-likeness (QED) is 0.271. The van der Waals surface area contributed by atoms with E-state index in [-0.39, 0.29) is 5.91 Å². The van der Waals surface area contributed by atoms with Gasteiger partial charge >= 0.3 is 5.69 Å². The van der Waals surface area contributed by atoms with Crippen LogP contribution >= 0.6 is 11.6 Å². The van der Waals surface area contributed by atoms with Crippen molar-refractivity contribution >= 4 is 45.8 Å². The van der Waals surface area contributed by atoms with Crippen LogP contribution in [0.5, 0.6) is 5.75 Å². The SMILES string of the molecule is CN(C)Cc1ccc(NC(=C2C(=O)Nc3cc(Cl)ccc32)c2ccc([N+](=O)[O-])c(O)c2)cc1. The Bertz CT molecular complexity index is 1290. The number of anilines is 2.